The van der Waals surface area contributed by atoms with Gasteiger partial charge in [-0.05, 0) is 0 Å². The van der Waals surface area contributed by atoms with E-state index >= 15 is 0 Å². The van der Waals surface area contributed by atoms with Crippen LogP contribution in [0.1, 0.15) is 12.8 Å². The average Bonchev–Trinajstić information content (AvgIpc) is 2.56. The van der Waals surface area contributed by atoms with E-state index in [1.165, 1.54) is 0 Å². The number of fused-ring (bicyclic) bond motifs is 4. The molecular formula is C11H14N2Na6O15S2. The van der Waals surface area contributed by atoms with Crippen molar-refractivity contribution >= 4 is 221 Å². The fourth-order valence-electron chi connectivity index (χ4n) is 2.13. The van der Waals surface area contributed by atoms with Crippen molar-refractivity contribution in [1.29, 1.82) is 0 Å². The summed E-state index contributed by atoms with van der Waals surface area (Å²) in [6.45, 7) is -1.87. The molecule has 3 N–H and O–H groups in total. The third kappa shape index (κ3) is 16.3. The van der Waals surface area contributed by atoms with Crippen LogP contribution in [0, 0.1) is 0 Å². The SMILES string of the molecule is O=C1CC(S(=O)(=O)O)C(=O)ON2CC(O)CN(O1)OC(=O)CC(S(=O)(=O)O)C(=O)O2.[Na].[Na].[Na].[Na].[Na].[Na]. The molecule has 17 nitrogen and oxygen atoms in total. The van der Waals surface area contributed by atoms with Crippen LogP contribution in [0.5, 0.6) is 0 Å². The van der Waals surface area contributed by atoms with Crippen LogP contribution in [-0.4, -0.2) is 272 Å². The summed E-state index contributed by atoms with van der Waals surface area (Å²) in [5.74, 6) is -6.85. The van der Waals surface area contributed by atoms with Crippen molar-refractivity contribution in [1.82, 2.24) is 10.5 Å². The minimum absolute atomic E-state index is 0. The van der Waals surface area contributed by atoms with E-state index < -0.39 is 86.6 Å². The summed E-state index contributed by atoms with van der Waals surface area (Å²) in [5.41, 5.74) is 0. The van der Waals surface area contributed by atoms with Gasteiger partial charge < -0.3 is 24.5 Å². The van der Waals surface area contributed by atoms with Gasteiger partial charge in [-0.25, -0.2) is 9.59 Å². The van der Waals surface area contributed by atoms with Crippen molar-refractivity contribution in [2.24, 2.45) is 0 Å². The van der Waals surface area contributed by atoms with E-state index in [-0.39, 0.29) is 188 Å². The normalized spacial score (nSPS) is 26.8. The standard InChI is InChI=1S/C11H14N2O15S2.6Na/c14-5-3-12-25-8(15)1-6(29(19,20)21)10(17)27-13(4-5)28-11(18)7(30(22,23)24)2-9(16)26-12;;;;;;/h5-7,14H,1-4H2,(H,19,20,21)(H,22,23,24);;;;;;. The Bertz CT molecular complexity index is 897. The first-order valence-corrected chi connectivity index (χ1v) is 10.7. The number of aliphatic hydroxyl groups excluding tert-OH is 1. The minimum atomic E-state index is -5.28. The Morgan fingerprint density at radius 2 is 0.889 bits per heavy atom. The smallest absolute Gasteiger partial charge is 0.350 e. The maximum absolute atomic E-state index is 12.1. The second-order valence-electron chi connectivity index (χ2n) is 5.85. The third-order valence-electron chi connectivity index (χ3n) is 3.46. The number of aliphatic hydroxyl groups is 1. The molecule has 2 heterocycles. The molecule has 2 bridgehead atoms. The Morgan fingerprint density at radius 1 is 0.611 bits per heavy atom. The predicted molar refractivity (Wildman–Crippen MR) is 118 cm³/mol. The van der Waals surface area contributed by atoms with Crippen LogP contribution in [0.3, 0.4) is 0 Å². The predicted octanol–water partition coefficient (Wildman–Crippen LogP) is -6.18. The van der Waals surface area contributed by atoms with Crippen LogP contribution >= 0.6 is 0 Å². The van der Waals surface area contributed by atoms with Crippen molar-refractivity contribution in [2.45, 2.75) is 29.4 Å². The summed E-state index contributed by atoms with van der Waals surface area (Å²) < 4.78 is 63.9. The molecule has 0 aromatic heterocycles. The van der Waals surface area contributed by atoms with Crippen molar-refractivity contribution in [3.63, 3.8) is 0 Å². The van der Waals surface area contributed by atoms with E-state index in [1.807, 2.05) is 0 Å². The molecule has 0 aliphatic carbocycles. The van der Waals surface area contributed by atoms with Crippen LogP contribution in [0.25, 0.3) is 0 Å². The van der Waals surface area contributed by atoms with Gasteiger partial charge >= 0.3 is 23.9 Å². The van der Waals surface area contributed by atoms with Gasteiger partial charge in [0.05, 0.1) is 18.9 Å². The molecule has 36 heavy (non-hydrogen) atoms. The monoisotopic (exact) mass is 616 g/mol. The number of rotatable bonds is 2. The summed E-state index contributed by atoms with van der Waals surface area (Å²) in [6, 6.07) is 0. The molecule has 0 spiro atoms. The van der Waals surface area contributed by atoms with Crippen LogP contribution in [0.2, 0.25) is 0 Å². The van der Waals surface area contributed by atoms with Gasteiger partial charge in [0.2, 0.25) is 0 Å². The van der Waals surface area contributed by atoms with E-state index in [4.69, 9.17) is 9.11 Å². The molecule has 2 saturated heterocycles. The molecule has 25 heteroatoms. The zero-order valence-corrected chi connectivity index (χ0v) is 34.1. The topological polar surface area (TPSA) is 241 Å². The summed E-state index contributed by atoms with van der Waals surface area (Å²) in [5, 5.41) is 4.61. The maximum Gasteiger partial charge on any atom is 0.350 e. The second-order valence-corrected chi connectivity index (χ2v) is 9.05. The van der Waals surface area contributed by atoms with Gasteiger partial charge in [-0.2, -0.15) is 16.8 Å². The minimum Gasteiger partial charge on any atom is -0.390 e. The zero-order valence-electron chi connectivity index (χ0n) is 20.5. The number of hydroxylamine groups is 4. The molecule has 2 aliphatic rings. The van der Waals surface area contributed by atoms with E-state index in [2.05, 4.69) is 19.4 Å². The number of carbonyl (C=O) groups excluding carboxylic acids is 4. The second kappa shape index (κ2) is 21.3. The van der Waals surface area contributed by atoms with E-state index in [0.717, 1.165) is 0 Å². The zero-order chi connectivity index (χ0) is 22.9. The quantitative estimate of drug-likeness (QED) is 0.193. The number of nitrogens with zero attached hydrogens (tertiary/aromatic N) is 2. The molecule has 3 atom stereocenters. The molecule has 0 amide bonds. The Labute approximate surface area is 337 Å². The van der Waals surface area contributed by atoms with Gasteiger partial charge in [-0.1, -0.05) is 0 Å². The Kier molecular flexibility index (Phi) is 29.1. The van der Waals surface area contributed by atoms with E-state index in [0.29, 0.717) is 0 Å². The van der Waals surface area contributed by atoms with Crippen LogP contribution in [0.15, 0.2) is 0 Å². The van der Waals surface area contributed by atoms with E-state index in [1.54, 1.807) is 0 Å². The first kappa shape index (κ1) is 49.3. The van der Waals surface area contributed by atoms with Crippen molar-refractivity contribution in [2.75, 3.05) is 13.1 Å². The van der Waals surface area contributed by atoms with Crippen LogP contribution in [0.4, 0.5) is 0 Å². The van der Waals surface area contributed by atoms with Gasteiger partial charge in [0, 0.05) is 188 Å². The molecule has 0 saturated carbocycles. The summed E-state index contributed by atoms with van der Waals surface area (Å²) in [4.78, 5) is 65.8. The molecule has 3 unspecified atom stereocenters. The molecular weight excluding hydrogens is 602 g/mol. The number of hydrogen-bond donors (Lipinski definition) is 3. The number of hydrogen-bond acceptors (Lipinski definition) is 15. The van der Waals surface area contributed by atoms with Crippen molar-refractivity contribution in [3.8, 4) is 0 Å². The molecule has 176 valence electrons. The van der Waals surface area contributed by atoms with Gasteiger partial charge in [0.25, 0.3) is 20.2 Å². The van der Waals surface area contributed by atoms with Gasteiger partial charge in [0.1, 0.15) is 13.1 Å². The molecule has 2 fully saturated rings. The first-order chi connectivity index (χ1) is 13.7. The maximum atomic E-state index is 12.1. The molecule has 2 aliphatic heterocycles. The largest absolute Gasteiger partial charge is 0.390 e. The Balaban J connectivity index is -0.000000534. The Hall–Kier alpha value is 3.58. The fourth-order valence-corrected chi connectivity index (χ4v) is 3.40. The summed E-state index contributed by atoms with van der Waals surface area (Å²) in [6.07, 6.45) is -4.48. The van der Waals surface area contributed by atoms with Crippen molar-refractivity contribution < 1.29 is 69.6 Å². The van der Waals surface area contributed by atoms with E-state index in [9.17, 15) is 41.1 Å². The number of carbonyl (C=O) groups is 4. The van der Waals surface area contributed by atoms with Gasteiger partial charge in [-0.3, -0.25) is 18.7 Å². The average molecular weight is 616 g/mol. The van der Waals surface area contributed by atoms with Crippen molar-refractivity contribution in [3.05, 3.63) is 0 Å². The fraction of sp³-hybridized carbons (Fsp3) is 0.636. The Morgan fingerprint density at radius 3 is 1.17 bits per heavy atom. The van der Waals surface area contributed by atoms with Gasteiger partial charge in [-0.15, -0.1) is 0 Å². The third-order valence-corrected chi connectivity index (χ3v) is 5.62. The molecule has 0 aromatic rings. The van der Waals surface area contributed by atoms with Crippen LogP contribution < -0.4 is 0 Å². The van der Waals surface area contributed by atoms with Crippen LogP contribution in [-0.2, 0) is 58.8 Å². The van der Waals surface area contributed by atoms with Gasteiger partial charge in [0.15, 0.2) is 10.5 Å². The molecule has 0 aromatic carbocycles. The summed E-state index contributed by atoms with van der Waals surface area (Å²) in [7, 11) is -10.6. The first-order valence-electron chi connectivity index (χ1n) is 7.67. The summed E-state index contributed by atoms with van der Waals surface area (Å²) >= 11 is 0. The molecule has 6 radical (unpaired) electrons. The molecule has 2 rings (SSSR count).